The molecule has 0 N–H and O–H groups in total. The van der Waals surface area contributed by atoms with Crippen LogP contribution >= 0.6 is 11.6 Å². The van der Waals surface area contributed by atoms with Gasteiger partial charge in [-0.15, -0.1) is 0 Å². The van der Waals surface area contributed by atoms with Crippen LogP contribution in [0.1, 0.15) is 11.1 Å². The van der Waals surface area contributed by atoms with Gasteiger partial charge >= 0.3 is 0 Å². The summed E-state index contributed by atoms with van der Waals surface area (Å²) in [6, 6.07) is 10.2. The maximum atomic E-state index is 14.0. The van der Waals surface area contributed by atoms with Gasteiger partial charge in [-0.1, -0.05) is 17.7 Å². The Balaban J connectivity index is 1.57. The number of rotatable bonds is 6. The van der Waals surface area contributed by atoms with E-state index < -0.39 is 0 Å². The topological polar surface area (TPSA) is 42.0 Å². The molecule has 2 aromatic carbocycles. The fourth-order valence-corrected chi connectivity index (χ4v) is 3.45. The predicted octanol–water partition coefficient (Wildman–Crippen LogP) is 3.85. The normalized spacial score (nSPS) is 15.0. The van der Waals surface area contributed by atoms with Crippen molar-refractivity contribution in [3.05, 3.63) is 64.4 Å². The van der Waals surface area contributed by atoms with Crippen molar-refractivity contribution in [2.75, 3.05) is 40.4 Å². The summed E-state index contributed by atoms with van der Waals surface area (Å²) in [5, 5.41) is 0.431. The summed E-state index contributed by atoms with van der Waals surface area (Å²) in [5.41, 5.74) is 1.32. The first-order chi connectivity index (χ1) is 14.0. The number of hydrogen-bond donors (Lipinski definition) is 0. The van der Waals surface area contributed by atoms with Gasteiger partial charge < -0.3 is 14.4 Å². The monoisotopic (exact) mass is 418 g/mol. The van der Waals surface area contributed by atoms with Gasteiger partial charge in [0.15, 0.2) is 0 Å². The molecule has 29 heavy (non-hydrogen) atoms. The zero-order chi connectivity index (χ0) is 20.8. The van der Waals surface area contributed by atoms with Crippen molar-refractivity contribution < 1.29 is 18.7 Å². The van der Waals surface area contributed by atoms with E-state index in [9.17, 15) is 9.18 Å². The van der Waals surface area contributed by atoms with Gasteiger partial charge in [0.25, 0.3) is 0 Å². The average Bonchev–Trinajstić information content (AvgIpc) is 2.74. The molecule has 0 bridgehead atoms. The Morgan fingerprint density at radius 2 is 1.76 bits per heavy atom. The smallest absolute Gasteiger partial charge is 0.246 e. The van der Waals surface area contributed by atoms with Gasteiger partial charge in [-0.25, -0.2) is 4.39 Å². The van der Waals surface area contributed by atoms with Crippen LogP contribution < -0.4 is 9.47 Å². The molecule has 0 aliphatic carbocycles. The highest BCUT2D eigenvalue weighted by Gasteiger charge is 2.21. The van der Waals surface area contributed by atoms with E-state index in [0.29, 0.717) is 54.8 Å². The molecule has 1 amide bonds. The van der Waals surface area contributed by atoms with E-state index in [2.05, 4.69) is 4.90 Å². The molecule has 0 aromatic heterocycles. The lowest BCUT2D eigenvalue weighted by Crippen LogP contribution is -2.47. The van der Waals surface area contributed by atoms with Crippen LogP contribution in [0.25, 0.3) is 6.08 Å². The van der Waals surface area contributed by atoms with E-state index in [1.54, 1.807) is 49.5 Å². The number of amides is 1. The van der Waals surface area contributed by atoms with Crippen molar-refractivity contribution in [2.45, 2.75) is 6.54 Å². The molecule has 0 saturated carbocycles. The van der Waals surface area contributed by atoms with Crippen LogP contribution in [0.15, 0.2) is 42.5 Å². The van der Waals surface area contributed by atoms with E-state index in [0.717, 1.165) is 5.56 Å². The quantitative estimate of drug-likeness (QED) is 0.668. The molecule has 154 valence electrons. The van der Waals surface area contributed by atoms with Gasteiger partial charge in [0, 0.05) is 55.5 Å². The molecule has 0 unspecified atom stereocenters. The molecule has 1 saturated heterocycles. The molecule has 2 aromatic rings. The van der Waals surface area contributed by atoms with Crippen LogP contribution in [0.2, 0.25) is 5.02 Å². The van der Waals surface area contributed by atoms with E-state index in [1.807, 2.05) is 12.1 Å². The maximum absolute atomic E-state index is 14.0. The molecule has 1 aliphatic rings. The van der Waals surface area contributed by atoms with Gasteiger partial charge in [0.05, 0.1) is 14.2 Å². The summed E-state index contributed by atoms with van der Waals surface area (Å²) in [4.78, 5) is 16.4. The second kappa shape index (κ2) is 9.76. The van der Waals surface area contributed by atoms with Crippen LogP contribution in [0.4, 0.5) is 4.39 Å². The number of halogens is 2. The van der Waals surface area contributed by atoms with E-state index in [-0.39, 0.29) is 11.7 Å². The molecule has 1 aliphatic heterocycles. The number of methoxy groups -OCH3 is 2. The summed E-state index contributed by atoms with van der Waals surface area (Å²) >= 11 is 6.11. The maximum Gasteiger partial charge on any atom is 0.246 e. The van der Waals surface area contributed by atoms with Crippen molar-refractivity contribution >= 4 is 23.6 Å². The van der Waals surface area contributed by atoms with Crippen LogP contribution in [-0.2, 0) is 11.3 Å². The highest BCUT2D eigenvalue weighted by atomic mass is 35.5. The summed E-state index contributed by atoms with van der Waals surface area (Å²) in [6.07, 6.45) is 3.30. The average molecular weight is 419 g/mol. The van der Waals surface area contributed by atoms with Crippen LogP contribution in [0.3, 0.4) is 0 Å². The van der Waals surface area contributed by atoms with Gasteiger partial charge in [0.2, 0.25) is 5.91 Å². The van der Waals surface area contributed by atoms with Crippen molar-refractivity contribution in [3.8, 4) is 11.5 Å². The summed E-state index contributed by atoms with van der Waals surface area (Å²) in [7, 11) is 3.17. The number of piperazine rings is 1. The highest BCUT2D eigenvalue weighted by molar-refractivity contribution is 6.31. The third-order valence-electron chi connectivity index (χ3n) is 4.92. The lowest BCUT2D eigenvalue weighted by molar-refractivity contribution is -0.127. The number of ether oxygens (including phenoxy) is 2. The molecule has 0 spiro atoms. The first kappa shape index (κ1) is 21.1. The number of carbonyl (C=O) groups excluding carboxylic acids is 1. The van der Waals surface area contributed by atoms with Crippen molar-refractivity contribution in [3.63, 3.8) is 0 Å². The van der Waals surface area contributed by atoms with Crippen LogP contribution in [0.5, 0.6) is 11.5 Å². The number of carbonyl (C=O) groups is 1. The zero-order valence-corrected chi connectivity index (χ0v) is 17.3. The van der Waals surface area contributed by atoms with Crippen LogP contribution in [-0.4, -0.2) is 56.1 Å². The predicted molar refractivity (Wildman–Crippen MR) is 112 cm³/mol. The molecule has 1 heterocycles. The number of nitrogens with zero attached hydrogens (tertiary/aromatic N) is 2. The van der Waals surface area contributed by atoms with Crippen molar-refractivity contribution in [1.29, 1.82) is 0 Å². The van der Waals surface area contributed by atoms with E-state index in [4.69, 9.17) is 21.1 Å². The molecular formula is C22H24ClFN2O3. The third-order valence-corrected chi connectivity index (χ3v) is 5.27. The molecule has 1 fully saturated rings. The third kappa shape index (κ3) is 5.49. The van der Waals surface area contributed by atoms with Crippen LogP contribution in [0, 0.1) is 5.82 Å². The number of benzene rings is 2. The largest absolute Gasteiger partial charge is 0.497 e. The minimum absolute atomic E-state index is 0.0599. The Kier molecular flexibility index (Phi) is 7.12. The first-order valence-corrected chi connectivity index (χ1v) is 9.73. The van der Waals surface area contributed by atoms with Gasteiger partial charge in [-0.2, -0.15) is 0 Å². The molecule has 3 rings (SSSR count). The summed E-state index contributed by atoms with van der Waals surface area (Å²) < 4.78 is 24.5. The zero-order valence-electron chi connectivity index (χ0n) is 16.5. The lowest BCUT2D eigenvalue weighted by Gasteiger charge is -2.34. The van der Waals surface area contributed by atoms with Gasteiger partial charge in [-0.05, 0) is 35.9 Å². The fourth-order valence-electron chi connectivity index (χ4n) is 3.23. The molecule has 7 heteroatoms. The fraction of sp³-hybridized carbons (Fsp3) is 0.318. The highest BCUT2D eigenvalue weighted by Crippen LogP contribution is 2.24. The molecule has 0 radical (unpaired) electrons. The minimum Gasteiger partial charge on any atom is -0.497 e. The Morgan fingerprint density at radius 3 is 2.34 bits per heavy atom. The lowest BCUT2D eigenvalue weighted by atomic mass is 10.1. The van der Waals surface area contributed by atoms with E-state index in [1.165, 1.54) is 6.07 Å². The summed E-state index contributed by atoms with van der Waals surface area (Å²) in [5.74, 6) is 0.969. The standard InChI is InChI=1S/C22H24ClFN2O3/c1-28-17-12-16(13-18(14-17)29-2)6-7-22(27)26-10-8-25(9-11-26)15-19-20(23)4-3-5-21(19)24/h3-7,12-14H,8-11,15H2,1-2H3/b7-6+. The van der Waals surface area contributed by atoms with Crippen molar-refractivity contribution in [1.82, 2.24) is 9.80 Å². The van der Waals surface area contributed by atoms with Crippen molar-refractivity contribution in [2.24, 2.45) is 0 Å². The van der Waals surface area contributed by atoms with E-state index >= 15 is 0 Å². The molecule has 0 atom stereocenters. The molecule has 5 nitrogen and oxygen atoms in total. The Labute approximate surface area is 175 Å². The first-order valence-electron chi connectivity index (χ1n) is 9.35. The van der Waals surface area contributed by atoms with Gasteiger partial charge in [-0.3, -0.25) is 9.69 Å². The Bertz CT molecular complexity index is 853. The SMILES string of the molecule is COc1cc(/C=C/C(=O)N2CCN(Cc3c(F)cccc3Cl)CC2)cc(OC)c1. The second-order valence-corrected chi connectivity index (χ2v) is 7.19. The summed E-state index contributed by atoms with van der Waals surface area (Å²) in [6.45, 7) is 2.93. The second-order valence-electron chi connectivity index (χ2n) is 6.78. The van der Waals surface area contributed by atoms with Gasteiger partial charge in [0.1, 0.15) is 17.3 Å². The minimum atomic E-state index is -0.298. The Hall–Kier alpha value is -2.57. The Morgan fingerprint density at radius 1 is 1.10 bits per heavy atom. The molecular weight excluding hydrogens is 395 g/mol. The number of hydrogen-bond acceptors (Lipinski definition) is 4.